The summed E-state index contributed by atoms with van der Waals surface area (Å²) in [7, 11) is -3.72. The molecule has 9 heteroatoms. The van der Waals surface area contributed by atoms with Crippen LogP contribution in [0.3, 0.4) is 0 Å². The Kier molecular flexibility index (Phi) is 6.13. The molecule has 0 saturated carbocycles. The van der Waals surface area contributed by atoms with Crippen molar-refractivity contribution < 1.29 is 18.0 Å². The summed E-state index contributed by atoms with van der Waals surface area (Å²) < 4.78 is 27.1. The number of sulfonamides is 1. The van der Waals surface area contributed by atoms with Crippen molar-refractivity contribution in [2.75, 3.05) is 39.3 Å². The summed E-state index contributed by atoms with van der Waals surface area (Å²) in [5.41, 5.74) is 0.965. The lowest BCUT2D eigenvalue weighted by atomic mass is 10.0. The van der Waals surface area contributed by atoms with Gasteiger partial charge in [-0.15, -0.1) is 0 Å². The van der Waals surface area contributed by atoms with Crippen LogP contribution in [0.15, 0.2) is 29.2 Å². The molecule has 0 aliphatic carbocycles. The van der Waals surface area contributed by atoms with Gasteiger partial charge in [0, 0.05) is 32.2 Å². The van der Waals surface area contributed by atoms with E-state index in [0.717, 1.165) is 24.9 Å². The molecule has 2 N–H and O–H groups in total. The lowest BCUT2D eigenvalue weighted by Crippen LogP contribution is -2.58. The van der Waals surface area contributed by atoms with E-state index in [9.17, 15) is 18.0 Å². The highest BCUT2D eigenvalue weighted by atomic mass is 32.2. The minimum Gasteiger partial charge on any atom is -0.339 e. The second kappa shape index (κ2) is 8.37. The first kappa shape index (κ1) is 19.8. The monoisotopic (exact) mass is 394 g/mol. The Morgan fingerprint density at radius 2 is 2.00 bits per heavy atom. The maximum atomic E-state index is 12.5. The lowest BCUT2D eigenvalue weighted by molar-refractivity contribution is -0.139. The molecule has 0 spiro atoms. The van der Waals surface area contributed by atoms with E-state index in [4.69, 9.17) is 0 Å². The quantitative estimate of drug-likeness (QED) is 0.714. The number of nitrogens with zero attached hydrogens (tertiary/aromatic N) is 2. The van der Waals surface area contributed by atoms with Gasteiger partial charge in [0.1, 0.15) is 0 Å². The van der Waals surface area contributed by atoms with Crippen molar-refractivity contribution in [1.29, 1.82) is 0 Å². The molecule has 1 aromatic carbocycles. The molecule has 3 rings (SSSR count). The van der Waals surface area contributed by atoms with Crippen LogP contribution in [0.4, 0.5) is 0 Å². The number of piperazine rings is 1. The molecule has 8 nitrogen and oxygen atoms in total. The smallest absolute Gasteiger partial charge is 0.241 e. The van der Waals surface area contributed by atoms with Crippen molar-refractivity contribution in [3.05, 3.63) is 29.8 Å². The predicted octanol–water partition coefficient (Wildman–Crippen LogP) is -0.304. The number of piperidine rings is 1. The summed E-state index contributed by atoms with van der Waals surface area (Å²) in [5, 5.41) is 3.05. The van der Waals surface area contributed by atoms with E-state index in [1.807, 2.05) is 11.8 Å². The SMILES string of the molecule is Cc1ccc(S(=O)(=O)NCC(=O)N2CCCC(N3CCNCC3=O)C2)cc1. The van der Waals surface area contributed by atoms with Crippen molar-refractivity contribution in [3.63, 3.8) is 0 Å². The van der Waals surface area contributed by atoms with Gasteiger partial charge in [0.05, 0.1) is 18.0 Å². The Balaban J connectivity index is 1.57. The van der Waals surface area contributed by atoms with Gasteiger partial charge in [-0.3, -0.25) is 9.59 Å². The average molecular weight is 394 g/mol. The van der Waals surface area contributed by atoms with E-state index in [2.05, 4.69) is 10.0 Å². The molecule has 27 heavy (non-hydrogen) atoms. The number of carbonyl (C=O) groups is 2. The molecule has 1 aromatic rings. The summed E-state index contributed by atoms with van der Waals surface area (Å²) >= 11 is 0. The standard InChI is InChI=1S/C18H26N4O4S/c1-14-4-6-16(7-5-14)27(25,26)20-12-17(23)21-9-2-3-15(13-21)22-10-8-19-11-18(22)24/h4-7,15,19-20H,2-3,8-13H2,1H3. The van der Waals surface area contributed by atoms with Crippen LogP contribution in [0.25, 0.3) is 0 Å². The lowest BCUT2D eigenvalue weighted by Gasteiger charge is -2.41. The summed E-state index contributed by atoms with van der Waals surface area (Å²) in [6, 6.07) is 6.49. The second-order valence-electron chi connectivity index (χ2n) is 7.04. The van der Waals surface area contributed by atoms with Crippen LogP contribution < -0.4 is 10.0 Å². The molecule has 0 aromatic heterocycles. The van der Waals surface area contributed by atoms with Crippen molar-refractivity contribution in [2.24, 2.45) is 0 Å². The van der Waals surface area contributed by atoms with Gasteiger partial charge >= 0.3 is 0 Å². The summed E-state index contributed by atoms with van der Waals surface area (Å²) in [6.45, 7) is 4.37. The Morgan fingerprint density at radius 3 is 2.70 bits per heavy atom. The minimum atomic E-state index is -3.72. The van der Waals surface area contributed by atoms with E-state index >= 15 is 0 Å². The molecule has 0 radical (unpaired) electrons. The maximum absolute atomic E-state index is 12.5. The van der Waals surface area contributed by atoms with Crippen LogP contribution in [0, 0.1) is 6.92 Å². The number of hydrogen-bond acceptors (Lipinski definition) is 5. The van der Waals surface area contributed by atoms with E-state index < -0.39 is 10.0 Å². The second-order valence-corrected chi connectivity index (χ2v) is 8.80. The van der Waals surface area contributed by atoms with E-state index in [0.29, 0.717) is 26.2 Å². The summed E-state index contributed by atoms with van der Waals surface area (Å²) in [5.74, 6) is -0.210. The molecule has 2 heterocycles. The van der Waals surface area contributed by atoms with Crippen LogP contribution in [-0.4, -0.2) is 75.3 Å². The summed E-state index contributed by atoms with van der Waals surface area (Å²) in [4.78, 5) is 28.2. The number of likely N-dealkylation sites (tertiary alicyclic amines) is 1. The number of amides is 2. The number of aryl methyl sites for hydroxylation is 1. The number of nitrogens with one attached hydrogen (secondary N) is 2. The fraction of sp³-hybridized carbons (Fsp3) is 0.556. The molecular formula is C18H26N4O4S. The van der Waals surface area contributed by atoms with Gasteiger partial charge in [0.2, 0.25) is 21.8 Å². The fourth-order valence-electron chi connectivity index (χ4n) is 3.51. The first-order valence-electron chi connectivity index (χ1n) is 9.21. The molecule has 1 atom stereocenters. The zero-order chi connectivity index (χ0) is 19.4. The third-order valence-corrected chi connectivity index (χ3v) is 6.48. The van der Waals surface area contributed by atoms with Crippen LogP contribution in [0.1, 0.15) is 18.4 Å². The molecular weight excluding hydrogens is 368 g/mol. The first-order chi connectivity index (χ1) is 12.9. The third kappa shape index (κ3) is 4.85. The van der Waals surface area contributed by atoms with Crippen LogP contribution in [0.5, 0.6) is 0 Å². The highest BCUT2D eigenvalue weighted by Gasteiger charge is 2.31. The van der Waals surface area contributed by atoms with Crippen molar-refractivity contribution in [2.45, 2.75) is 30.7 Å². The topological polar surface area (TPSA) is 98.8 Å². The van der Waals surface area contributed by atoms with Crippen molar-refractivity contribution in [1.82, 2.24) is 19.8 Å². The number of hydrogen-bond donors (Lipinski definition) is 2. The zero-order valence-corrected chi connectivity index (χ0v) is 16.3. The molecule has 2 aliphatic rings. The van der Waals surface area contributed by atoms with E-state index in [-0.39, 0.29) is 29.3 Å². The molecule has 2 fully saturated rings. The number of carbonyl (C=O) groups excluding carboxylic acids is 2. The third-order valence-electron chi connectivity index (χ3n) is 5.06. The van der Waals surface area contributed by atoms with Crippen molar-refractivity contribution in [3.8, 4) is 0 Å². The maximum Gasteiger partial charge on any atom is 0.241 e. The Bertz CT molecular complexity index is 794. The van der Waals surface area contributed by atoms with Gasteiger partial charge in [0.25, 0.3) is 0 Å². The van der Waals surface area contributed by atoms with E-state index in [1.54, 1.807) is 17.0 Å². The Hall–Kier alpha value is -1.97. The number of benzene rings is 1. The van der Waals surface area contributed by atoms with E-state index in [1.165, 1.54) is 12.1 Å². The zero-order valence-electron chi connectivity index (χ0n) is 15.5. The largest absolute Gasteiger partial charge is 0.339 e. The number of rotatable bonds is 5. The molecule has 2 aliphatic heterocycles. The predicted molar refractivity (Wildman–Crippen MR) is 101 cm³/mol. The van der Waals surface area contributed by atoms with Gasteiger partial charge < -0.3 is 15.1 Å². The van der Waals surface area contributed by atoms with Gasteiger partial charge in [-0.2, -0.15) is 0 Å². The Morgan fingerprint density at radius 1 is 1.26 bits per heavy atom. The molecule has 148 valence electrons. The fourth-order valence-corrected chi connectivity index (χ4v) is 4.49. The Labute approximate surface area is 160 Å². The van der Waals surface area contributed by atoms with Gasteiger partial charge in [-0.05, 0) is 31.9 Å². The van der Waals surface area contributed by atoms with Gasteiger partial charge in [-0.1, -0.05) is 17.7 Å². The average Bonchev–Trinajstić information content (AvgIpc) is 2.67. The van der Waals surface area contributed by atoms with Crippen LogP contribution in [-0.2, 0) is 19.6 Å². The minimum absolute atomic E-state index is 0.00556. The first-order valence-corrected chi connectivity index (χ1v) is 10.7. The molecule has 1 unspecified atom stereocenters. The van der Waals surface area contributed by atoms with Crippen LogP contribution in [0.2, 0.25) is 0 Å². The van der Waals surface area contributed by atoms with Crippen molar-refractivity contribution >= 4 is 21.8 Å². The molecule has 0 bridgehead atoms. The highest BCUT2D eigenvalue weighted by molar-refractivity contribution is 7.89. The van der Waals surface area contributed by atoms with Gasteiger partial charge in [0.15, 0.2) is 0 Å². The van der Waals surface area contributed by atoms with Crippen LogP contribution >= 0.6 is 0 Å². The summed E-state index contributed by atoms with van der Waals surface area (Å²) in [6.07, 6.45) is 1.67. The normalized spacial score (nSPS) is 21.4. The van der Waals surface area contributed by atoms with Gasteiger partial charge in [-0.25, -0.2) is 13.1 Å². The molecule has 2 saturated heterocycles. The molecule has 2 amide bonds. The highest BCUT2D eigenvalue weighted by Crippen LogP contribution is 2.17.